The molecule has 0 N–H and O–H groups in total. The average molecular weight is 494 g/mol. The van der Waals surface area contributed by atoms with Gasteiger partial charge in [0.25, 0.3) is 5.91 Å². The topological polar surface area (TPSA) is 58.7 Å². The van der Waals surface area contributed by atoms with E-state index in [0.717, 1.165) is 36.9 Å². The van der Waals surface area contributed by atoms with Crippen molar-refractivity contribution in [3.05, 3.63) is 83.8 Å². The average Bonchev–Trinajstić information content (AvgIpc) is 3.56. The van der Waals surface area contributed by atoms with Crippen LogP contribution in [0.4, 0.5) is 4.39 Å². The Kier molecular flexibility index (Phi) is 8.62. The van der Waals surface area contributed by atoms with Gasteiger partial charge in [-0.05, 0) is 60.7 Å². The van der Waals surface area contributed by atoms with E-state index in [1.807, 2.05) is 37.1 Å². The molecular weight excluding hydrogens is 457 g/mol. The zero-order chi connectivity index (χ0) is 25.5. The van der Waals surface area contributed by atoms with Crippen LogP contribution in [0.15, 0.2) is 65.4 Å². The van der Waals surface area contributed by atoms with E-state index in [1.54, 1.807) is 29.2 Å². The quantitative estimate of drug-likeness (QED) is 0.363. The van der Waals surface area contributed by atoms with Gasteiger partial charge in [0.15, 0.2) is 5.76 Å². The summed E-state index contributed by atoms with van der Waals surface area (Å²) in [6, 6.07) is 14.0. The standard InChI is InChI=1S/C29H36FN3O3/c1-22(2)18-32(29(35)27-11-7-17-36-27)21-28(34)33(25-8-4-3-5-9-25)20-26-10-6-16-31(26)19-23-12-14-24(30)15-13-23/h6-7,10-17,22,25H,3-5,8-9,18-21H2,1-2H3. The molecule has 0 radical (unpaired) electrons. The van der Waals surface area contributed by atoms with Gasteiger partial charge in [-0.1, -0.05) is 45.2 Å². The summed E-state index contributed by atoms with van der Waals surface area (Å²) in [6.45, 7) is 5.65. The summed E-state index contributed by atoms with van der Waals surface area (Å²) in [7, 11) is 0. The Morgan fingerprint density at radius 2 is 1.81 bits per heavy atom. The molecule has 3 aromatic rings. The van der Waals surface area contributed by atoms with Crippen LogP contribution in [0.3, 0.4) is 0 Å². The highest BCUT2D eigenvalue weighted by molar-refractivity contribution is 5.94. The number of aromatic nitrogens is 1. The third-order valence-corrected chi connectivity index (χ3v) is 6.79. The molecule has 7 heteroatoms. The zero-order valence-corrected chi connectivity index (χ0v) is 21.2. The number of halogens is 1. The summed E-state index contributed by atoms with van der Waals surface area (Å²) in [5, 5.41) is 0. The number of rotatable bonds is 10. The first-order valence-electron chi connectivity index (χ1n) is 12.9. The van der Waals surface area contributed by atoms with Crippen molar-refractivity contribution in [2.24, 2.45) is 5.92 Å². The first-order chi connectivity index (χ1) is 17.4. The van der Waals surface area contributed by atoms with Crippen molar-refractivity contribution in [3.8, 4) is 0 Å². The molecule has 2 aromatic heterocycles. The predicted molar refractivity (Wildman–Crippen MR) is 137 cm³/mol. The molecule has 0 bridgehead atoms. The summed E-state index contributed by atoms with van der Waals surface area (Å²) in [5.41, 5.74) is 2.02. The number of nitrogens with zero attached hydrogens (tertiary/aromatic N) is 3. The fraction of sp³-hybridized carbons (Fsp3) is 0.448. The Morgan fingerprint density at radius 1 is 1.06 bits per heavy atom. The predicted octanol–water partition coefficient (Wildman–Crippen LogP) is 5.73. The highest BCUT2D eigenvalue weighted by Crippen LogP contribution is 2.25. The third kappa shape index (κ3) is 6.65. The number of carbonyl (C=O) groups is 2. The van der Waals surface area contributed by atoms with Crippen molar-refractivity contribution in [3.63, 3.8) is 0 Å². The van der Waals surface area contributed by atoms with Crippen LogP contribution >= 0.6 is 0 Å². The van der Waals surface area contributed by atoms with Crippen molar-refractivity contribution < 1.29 is 18.4 Å². The van der Waals surface area contributed by atoms with Gasteiger partial charge in [0.2, 0.25) is 5.91 Å². The molecule has 1 fully saturated rings. The number of furan rings is 1. The van der Waals surface area contributed by atoms with Crippen LogP contribution in [-0.2, 0) is 17.9 Å². The fourth-order valence-corrected chi connectivity index (χ4v) is 4.99. The number of hydrogen-bond donors (Lipinski definition) is 0. The van der Waals surface area contributed by atoms with E-state index in [-0.39, 0.29) is 41.9 Å². The smallest absolute Gasteiger partial charge is 0.290 e. The summed E-state index contributed by atoms with van der Waals surface area (Å²) in [6.07, 6.45) is 8.81. The Morgan fingerprint density at radius 3 is 2.47 bits per heavy atom. The SMILES string of the molecule is CC(C)CN(CC(=O)N(Cc1cccn1Cc1ccc(F)cc1)C1CCCCC1)C(=O)c1ccco1. The second-order valence-corrected chi connectivity index (χ2v) is 10.1. The Balaban J connectivity index is 1.54. The summed E-state index contributed by atoms with van der Waals surface area (Å²) in [4.78, 5) is 30.5. The van der Waals surface area contributed by atoms with E-state index in [4.69, 9.17) is 4.42 Å². The lowest BCUT2D eigenvalue weighted by molar-refractivity contribution is -0.135. The largest absolute Gasteiger partial charge is 0.459 e. The van der Waals surface area contributed by atoms with Gasteiger partial charge in [0, 0.05) is 31.0 Å². The van der Waals surface area contributed by atoms with E-state index in [9.17, 15) is 14.0 Å². The van der Waals surface area contributed by atoms with Gasteiger partial charge < -0.3 is 18.8 Å². The lowest BCUT2D eigenvalue weighted by Crippen LogP contribution is -2.48. The van der Waals surface area contributed by atoms with Crippen molar-refractivity contribution in [1.82, 2.24) is 14.4 Å². The summed E-state index contributed by atoms with van der Waals surface area (Å²) >= 11 is 0. The first kappa shape index (κ1) is 25.7. The van der Waals surface area contributed by atoms with Crippen molar-refractivity contribution in [2.45, 2.75) is 65.1 Å². The number of benzene rings is 1. The molecule has 36 heavy (non-hydrogen) atoms. The number of carbonyl (C=O) groups excluding carboxylic acids is 2. The van der Waals surface area contributed by atoms with Crippen LogP contribution in [0.1, 0.15) is 67.8 Å². The Bertz CT molecular complexity index is 1120. The molecular formula is C29H36FN3O3. The third-order valence-electron chi connectivity index (χ3n) is 6.79. The van der Waals surface area contributed by atoms with Crippen molar-refractivity contribution >= 4 is 11.8 Å². The van der Waals surface area contributed by atoms with Gasteiger partial charge >= 0.3 is 0 Å². The van der Waals surface area contributed by atoms with Gasteiger partial charge in [0.05, 0.1) is 12.8 Å². The minimum absolute atomic E-state index is 0.0207. The maximum Gasteiger partial charge on any atom is 0.290 e. The van der Waals surface area contributed by atoms with Gasteiger partial charge in [-0.2, -0.15) is 0 Å². The van der Waals surface area contributed by atoms with Crippen molar-refractivity contribution in [2.75, 3.05) is 13.1 Å². The van der Waals surface area contributed by atoms with Crippen LogP contribution in [0.25, 0.3) is 0 Å². The van der Waals surface area contributed by atoms with Crippen LogP contribution < -0.4 is 0 Å². The van der Waals surface area contributed by atoms with Gasteiger partial charge in [-0.3, -0.25) is 9.59 Å². The molecule has 1 aromatic carbocycles. The summed E-state index contributed by atoms with van der Waals surface area (Å²) < 4.78 is 20.8. The monoisotopic (exact) mass is 493 g/mol. The lowest BCUT2D eigenvalue weighted by atomic mass is 9.94. The van der Waals surface area contributed by atoms with E-state index < -0.39 is 0 Å². The highest BCUT2D eigenvalue weighted by Gasteiger charge is 2.30. The van der Waals surface area contributed by atoms with E-state index >= 15 is 0 Å². The Hall–Kier alpha value is -3.35. The molecule has 1 aliphatic carbocycles. The summed E-state index contributed by atoms with van der Waals surface area (Å²) in [5.74, 6) is -0.0912. The molecule has 0 unspecified atom stereocenters. The fourth-order valence-electron chi connectivity index (χ4n) is 4.99. The second-order valence-electron chi connectivity index (χ2n) is 10.1. The lowest BCUT2D eigenvalue weighted by Gasteiger charge is -2.36. The van der Waals surface area contributed by atoms with E-state index in [1.165, 1.54) is 24.8 Å². The normalized spacial score (nSPS) is 14.2. The zero-order valence-electron chi connectivity index (χ0n) is 21.2. The van der Waals surface area contributed by atoms with Gasteiger partial charge in [-0.25, -0.2) is 4.39 Å². The highest BCUT2D eigenvalue weighted by atomic mass is 19.1. The molecule has 192 valence electrons. The molecule has 2 amide bonds. The van der Waals surface area contributed by atoms with Crippen LogP contribution in [0, 0.1) is 11.7 Å². The van der Waals surface area contributed by atoms with Crippen molar-refractivity contribution in [1.29, 1.82) is 0 Å². The van der Waals surface area contributed by atoms with Crippen LogP contribution in [-0.4, -0.2) is 45.3 Å². The maximum absolute atomic E-state index is 13.8. The molecule has 0 spiro atoms. The number of hydrogen-bond acceptors (Lipinski definition) is 3. The van der Waals surface area contributed by atoms with Crippen LogP contribution in [0.2, 0.25) is 0 Å². The molecule has 4 rings (SSSR count). The second kappa shape index (κ2) is 12.1. The maximum atomic E-state index is 13.8. The molecule has 1 saturated carbocycles. The van der Waals surface area contributed by atoms with Gasteiger partial charge in [0.1, 0.15) is 12.4 Å². The number of amides is 2. The first-order valence-corrected chi connectivity index (χ1v) is 12.9. The molecule has 1 aliphatic rings. The minimum Gasteiger partial charge on any atom is -0.459 e. The minimum atomic E-state index is -0.259. The molecule has 0 saturated heterocycles. The van der Waals surface area contributed by atoms with E-state index in [2.05, 4.69) is 4.57 Å². The molecule has 2 heterocycles. The Labute approximate surface area is 212 Å². The molecule has 0 atom stereocenters. The van der Waals surface area contributed by atoms with Gasteiger partial charge in [-0.15, -0.1) is 0 Å². The van der Waals surface area contributed by atoms with Crippen LogP contribution in [0.5, 0.6) is 0 Å². The van der Waals surface area contributed by atoms with E-state index in [0.29, 0.717) is 19.6 Å². The molecule has 6 nitrogen and oxygen atoms in total. The molecule has 0 aliphatic heterocycles.